The van der Waals surface area contributed by atoms with Crippen LogP contribution in [0.15, 0.2) is 42.5 Å². The lowest BCUT2D eigenvalue weighted by molar-refractivity contribution is -0.144. The van der Waals surface area contributed by atoms with Gasteiger partial charge in [0.2, 0.25) is 12.7 Å². The van der Waals surface area contributed by atoms with Gasteiger partial charge >= 0.3 is 5.97 Å². The number of amides is 1. The SMILES string of the molecule is CCC[C@H](C(=O)N(C)CCC)N1C[C@H](c2ccc3c(c2)OCO3)[C@H](C(=O)O)[C@H]1c1ccc(OC)cc1. The van der Waals surface area contributed by atoms with Crippen molar-refractivity contribution < 1.29 is 28.9 Å². The first-order valence-corrected chi connectivity index (χ1v) is 12.7. The standard InChI is InChI=1S/C28H36N2O6/c1-5-7-22(27(31)29(3)14-6-2)30-16-21(19-10-13-23-24(15-19)36-17-35-23)25(28(32)33)26(30)18-8-11-20(34-4)12-9-18/h8-13,15,21-22,25-26H,5-7,14,16-17H2,1-4H3,(H,32,33)/t21-,22-,25+,26-/m1/s1. The molecule has 1 fully saturated rings. The maximum Gasteiger partial charge on any atom is 0.309 e. The summed E-state index contributed by atoms with van der Waals surface area (Å²) in [5, 5.41) is 10.5. The van der Waals surface area contributed by atoms with E-state index < -0.39 is 24.0 Å². The van der Waals surface area contributed by atoms with Crippen LogP contribution in [-0.2, 0) is 9.59 Å². The van der Waals surface area contributed by atoms with E-state index in [1.165, 1.54) is 0 Å². The second-order valence-corrected chi connectivity index (χ2v) is 9.56. The van der Waals surface area contributed by atoms with Crippen molar-refractivity contribution in [2.24, 2.45) is 5.92 Å². The molecule has 8 nitrogen and oxygen atoms in total. The average molecular weight is 497 g/mol. The number of carboxylic acids is 1. The molecule has 0 aliphatic carbocycles. The van der Waals surface area contributed by atoms with E-state index in [-0.39, 0.29) is 18.6 Å². The summed E-state index contributed by atoms with van der Waals surface area (Å²) in [5.74, 6) is 0.0622. The number of carbonyl (C=O) groups is 2. The van der Waals surface area contributed by atoms with E-state index in [1.807, 2.05) is 56.4 Å². The quantitative estimate of drug-likeness (QED) is 0.525. The maximum atomic E-state index is 13.6. The van der Waals surface area contributed by atoms with Crippen LogP contribution >= 0.6 is 0 Å². The zero-order chi connectivity index (χ0) is 25.8. The molecular formula is C28H36N2O6. The number of rotatable bonds is 10. The normalized spacial score (nSPS) is 21.8. The van der Waals surface area contributed by atoms with Crippen LogP contribution in [0.4, 0.5) is 0 Å². The number of methoxy groups -OCH3 is 1. The van der Waals surface area contributed by atoms with Crippen molar-refractivity contribution in [1.82, 2.24) is 9.80 Å². The van der Waals surface area contributed by atoms with Crippen LogP contribution in [0.2, 0.25) is 0 Å². The average Bonchev–Trinajstić information content (AvgIpc) is 3.51. The molecule has 0 bridgehead atoms. The van der Waals surface area contributed by atoms with Gasteiger partial charge in [0, 0.05) is 32.1 Å². The maximum absolute atomic E-state index is 13.6. The van der Waals surface area contributed by atoms with Crippen molar-refractivity contribution >= 4 is 11.9 Å². The van der Waals surface area contributed by atoms with Crippen LogP contribution < -0.4 is 14.2 Å². The molecular weight excluding hydrogens is 460 g/mol. The van der Waals surface area contributed by atoms with Crippen LogP contribution in [0.1, 0.15) is 56.2 Å². The number of likely N-dealkylation sites (N-methyl/N-ethyl adjacent to an activating group) is 1. The lowest BCUT2D eigenvalue weighted by atomic mass is 9.82. The van der Waals surface area contributed by atoms with Gasteiger partial charge in [-0.3, -0.25) is 14.5 Å². The second-order valence-electron chi connectivity index (χ2n) is 9.56. The summed E-state index contributed by atoms with van der Waals surface area (Å²) in [5.41, 5.74) is 1.73. The highest BCUT2D eigenvalue weighted by atomic mass is 16.7. The van der Waals surface area contributed by atoms with Crippen LogP contribution in [0.5, 0.6) is 17.2 Å². The third-order valence-corrected chi connectivity index (χ3v) is 7.29. The van der Waals surface area contributed by atoms with Crippen LogP contribution in [-0.4, -0.2) is 66.9 Å². The van der Waals surface area contributed by atoms with E-state index in [1.54, 1.807) is 12.0 Å². The fourth-order valence-corrected chi connectivity index (χ4v) is 5.57. The smallest absolute Gasteiger partial charge is 0.309 e. The summed E-state index contributed by atoms with van der Waals surface area (Å²) >= 11 is 0. The largest absolute Gasteiger partial charge is 0.497 e. The fraction of sp³-hybridized carbons (Fsp3) is 0.500. The molecule has 2 aliphatic rings. The van der Waals surface area contributed by atoms with E-state index in [9.17, 15) is 14.7 Å². The molecule has 1 amide bonds. The molecule has 194 valence electrons. The van der Waals surface area contributed by atoms with Crippen molar-refractivity contribution in [3.63, 3.8) is 0 Å². The Balaban J connectivity index is 1.79. The number of carbonyl (C=O) groups excluding carboxylic acids is 1. The first-order valence-electron chi connectivity index (χ1n) is 12.7. The van der Waals surface area contributed by atoms with Crippen molar-refractivity contribution in [3.05, 3.63) is 53.6 Å². The number of benzene rings is 2. The van der Waals surface area contributed by atoms with Crippen molar-refractivity contribution in [1.29, 1.82) is 0 Å². The number of carboxylic acid groups (broad SMARTS) is 1. The Morgan fingerprint density at radius 1 is 1.08 bits per heavy atom. The molecule has 0 unspecified atom stereocenters. The van der Waals surface area contributed by atoms with Gasteiger partial charge in [0.25, 0.3) is 0 Å². The number of nitrogens with zero attached hydrogens (tertiary/aromatic N) is 2. The van der Waals surface area contributed by atoms with E-state index >= 15 is 0 Å². The molecule has 36 heavy (non-hydrogen) atoms. The van der Waals surface area contributed by atoms with Gasteiger partial charge < -0.3 is 24.2 Å². The Morgan fingerprint density at radius 2 is 1.78 bits per heavy atom. The Bertz CT molecular complexity index is 1070. The van der Waals surface area contributed by atoms with Crippen LogP contribution in [0, 0.1) is 5.92 Å². The van der Waals surface area contributed by atoms with Gasteiger partial charge in [-0.15, -0.1) is 0 Å². The second kappa shape index (κ2) is 11.2. The van der Waals surface area contributed by atoms with Crippen molar-refractivity contribution in [2.75, 3.05) is 34.0 Å². The summed E-state index contributed by atoms with van der Waals surface area (Å²) in [6.45, 7) is 5.37. The molecule has 0 spiro atoms. The number of fused-ring (bicyclic) bond motifs is 1. The van der Waals surface area contributed by atoms with Gasteiger partial charge in [-0.1, -0.05) is 38.5 Å². The fourth-order valence-electron chi connectivity index (χ4n) is 5.57. The molecule has 1 saturated heterocycles. The minimum atomic E-state index is -0.884. The highest BCUT2D eigenvalue weighted by Gasteiger charge is 2.51. The topological polar surface area (TPSA) is 88.5 Å². The van der Waals surface area contributed by atoms with Gasteiger partial charge in [0.1, 0.15) is 5.75 Å². The number of aliphatic carboxylic acids is 1. The Labute approximate surface area is 212 Å². The number of likely N-dealkylation sites (tertiary alicyclic amines) is 1. The van der Waals surface area contributed by atoms with Crippen molar-refractivity contribution in [3.8, 4) is 17.2 Å². The summed E-state index contributed by atoms with van der Waals surface area (Å²) in [7, 11) is 3.43. The molecule has 2 aromatic rings. The molecule has 2 aliphatic heterocycles. The Hall–Kier alpha value is -3.26. The summed E-state index contributed by atoms with van der Waals surface area (Å²) in [6.07, 6.45) is 2.33. The molecule has 2 aromatic carbocycles. The summed E-state index contributed by atoms with van der Waals surface area (Å²) < 4.78 is 16.4. The van der Waals surface area contributed by atoms with Gasteiger partial charge in [0.15, 0.2) is 11.5 Å². The molecule has 8 heteroatoms. The van der Waals surface area contributed by atoms with Gasteiger partial charge in [-0.05, 0) is 48.2 Å². The monoisotopic (exact) mass is 496 g/mol. The highest BCUT2D eigenvalue weighted by molar-refractivity contribution is 5.82. The zero-order valence-electron chi connectivity index (χ0n) is 21.5. The predicted octanol–water partition coefficient (Wildman–Crippen LogP) is 4.30. The van der Waals surface area contributed by atoms with Crippen LogP contribution in [0.25, 0.3) is 0 Å². The Kier molecular flexibility index (Phi) is 8.04. The third-order valence-electron chi connectivity index (χ3n) is 7.29. The van der Waals surface area contributed by atoms with E-state index in [0.717, 1.165) is 24.0 Å². The molecule has 4 rings (SSSR count). The van der Waals surface area contributed by atoms with Gasteiger partial charge in [-0.25, -0.2) is 0 Å². The van der Waals surface area contributed by atoms with E-state index in [2.05, 4.69) is 11.8 Å². The first kappa shape index (κ1) is 25.8. The zero-order valence-corrected chi connectivity index (χ0v) is 21.5. The molecule has 0 saturated carbocycles. The molecule has 2 heterocycles. The number of hydrogen-bond donors (Lipinski definition) is 1. The summed E-state index contributed by atoms with van der Waals surface area (Å²) in [4.78, 5) is 30.4. The number of hydrogen-bond acceptors (Lipinski definition) is 6. The molecule has 0 radical (unpaired) electrons. The third kappa shape index (κ3) is 5.00. The van der Waals surface area contributed by atoms with Gasteiger partial charge in [-0.2, -0.15) is 0 Å². The highest BCUT2D eigenvalue weighted by Crippen LogP contribution is 2.49. The first-order chi connectivity index (χ1) is 17.4. The van der Waals surface area contributed by atoms with Crippen LogP contribution in [0.3, 0.4) is 0 Å². The van der Waals surface area contributed by atoms with Gasteiger partial charge in [0.05, 0.1) is 19.1 Å². The number of ether oxygens (including phenoxy) is 3. The minimum absolute atomic E-state index is 0.0349. The van der Waals surface area contributed by atoms with Crippen molar-refractivity contribution in [2.45, 2.75) is 51.1 Å². The lowest BCUT2D eigenvalue weighted by Gasteiger charge is -2.35. The predicted molar refractivity (Wildman–Crippen MR) is 135 cm³/mol. The lowest BCUT2D eigenvalue weighted by Crippen LogP contribution is -2.48. The molecule has 1 N–H and O–H groups in total. The van der Waals surface area contributed by atoms with E-state index in [4.69, 9.17) is 14.2 Å². The summed E-state index contributed by atoms with van der Waals surface area (Å²) in [6, 6.07) is 12.3. The van der Waals surface area contributed by atoms with E-state index in [0.29, 0.717) is 36.8 Å². The molecule has 0 aromatic heterocycles. The molecule has 4 atom stereocenters. The Morgan fingerprint density at radius 3 is 2.42 bits per heavy atom. The minimum Gasteiger partial charge on any atom is -0.497 e.